The van der Waals surface area contributed by atoms with Gasteiger partial charge in [0.15, 0.2) is 0 Å². The van der Waals surface area contributed by atoms with Crippen molar-refractivity contribution in [2.24, 2.45) is 11.8 Å². The zero-order valence-corrected chi connectivity index (χ0v) is 9.46. The first-order valence-electron chi connectivity index (χ1n) is 5.97. The van der Waals surface area contributed by atoms with Crippen LogP contribution in [-0.4, -0.2) is 50.1 Å². The molecule has 2 unspecified atom stereocenters. The van der Waals surface area contributed by atoms with E-state index < -0.39 is 0 Å². The Morgan fingerprint density at radius 2 is 2.07 bits per heavy atom. The lowest BCUT2D eigenvalue weighted by atomic mass is 9.86. The lowest BCUT2D eigenvalue weighted by Crippen LogP contribution is -2.53. The number of piperidine rings is 2. The topological polar surface area (TPSA) is 44.4 Å². The van der Waals surface area contributed by atoms with Gasteiger partial charge in [-0.15, -0.1) is 0 Å². The summed E-state index contributed by atoms with van der Waals surface area (Å²) >= 11 is 0. The number of likely N-dealkylation sites (tertiary alicyclic amines) is 1. The van der Waals surface area contributed by atoms with Crippen LogP contribution in [0.5, 0.6) is 0 Å². The highest BCUT2D eigenvalue weighted by atomic mass is 16.2. The number of rotatable bonds is 3. The second kappa shape index (κ2) is 4.94. The Labute approximate surface area is 91.4 Å². The molecule has 2 rings (SSSR count). The Balaban J connectivity index is 1.81. The molecule has 2 saturated heterocycles. The minimum absolute atomic E-state index is 0.172. The van der Waals surface area contributed by atoms with Crippen molar-refractivity contribution in [2.75, 3.05) is 39.3 Å². The van der Waals surface area contributed by atoms with Crippen LogP contribution >= 0.6 is 0 Å². The van der Waals surface area contributed by atoms with Gasteiger partial charge in [0.05, 0.1) is 6.54 Å². The van der Waals surface area contributed by atoms with Crippen molar-refractivity contribution in [3.8, 4) is 0 Å². The van der Waals surface area contributed by atoms with Crippen LogP contribution in [0.2, 0.25) is 0 Å². The van der Waals surface area contributed by atoms with Crippen molar-refractivity contribution < 1.29 is 4.79 Å². The molecule has 0 radical (unpaired) electrons. The van der Waals surface area contributed by atoms with Gasteiger partial charge in [0, 0.05) is 19.6 Å². The van der Waals surface area contributed by atoms with Crippen molar-refractivity contribution in [2.45, 2.75) is 13.3 Å². The fraction of sp³-hybridized carbons (Fsp3) is 0.909. The molecular formula is C11H21N3O. The van der Waals surface area contributed by atoms with E-state index in [-0.39, 0.29) is 5.91 Å². The Kier molecular flexibility index (Phi) is 3.59. The van der Waals surface area contributed by atoms with Crippen LogP contribution in [0.25, 0.3) is 0 Å². The maximum Gasteiger partial charge on any atom is 0.234 e. The van der Waals surface area contributed by atoms with Gasteiger partial charge in [0.2, 0.25) is 5.91 Å². The first-order chi connectivity index (χ1) is 7.28. The Morgan fingerprint density at radius 3 is 2.67 bits per heavy atom. The Hall–Kier alpha value is -0.610. The van der Waals surface area contributed by atoms with E-state index in [9.17, 15) is 4.79 Å². The summed E-state index contributed by atoms with van der Waals surface area (Å²) in [6.07, 6.45) is 1.35. The van der Waals surface area contributed by atoms with Gasteiger partial charge in [0.25, 0.3) is 0 Å². The highest BCUT2D eigenvalue weighted by molar-refractivity contribution is 5.77. The minimum atomic E-state index is 0.172. The molecule has 0 aromatic rings. The fourth-order valence-electron chi connectivity index (χ4n) is 2.80. The van der Waals surface area contributed by atoms with Crippen LogP contribution in [0, 0.1) is 11.8 Å². The average Bonchev–Trinajstić information content (AvgIpc) is 2.17. The summed E-state index contributed by atoms with van der Waals surface area (Å²) in [6, 6.07) is 0. The zero-order chi connectivity index (χ0) is 10.7. The first kappa shape index (κ1) is 10.9. The van der Waals surface area contributed by atoms with Crippen molar-refractivity contribution in [1.29, 1.82) is 0 Å². The number of carbonyl (C=O) groups excluding carboxylic acids is 1. The van der Waals surface area contributed by atoms with Crippen LogP contribution in [0.4, 0.5) is 0 Å². The van der Waals surface area contributed by atoms with Crippen molar-refractivity contribution >= 4 is 5.91 Å². The molecule has 0 saturated carbocycles. The predicted octanol–water partition coefficient (Wildman–Crippen LogP) is -0.336. The largest absolute Gasteiger partial charge is 0.355 e. The normalized spacial score (nSPS) is 31.3. The lowest BCUT2D eigenvalue weighted by molar-refractivity contribution is -0.122. The van der Waals surface area contributed by atoms with E-state index in [0.717, 1.165) is 44.6 Å². The molecule has 0 aromatic heterocycles. The molecule has 0 aliphatic carbocycles. The second-order valence-electron chi connectivity index (χ2n) is 4.77. The summed E-state index contributed by atoms with van der Waals surface area (Å²) in [4.78, 5) is 13.8. The van der Waals surface area contributed by atoms with Gasteiger partial charge < -0.3 is 10.6 Å². The number of amides is 1. The van der Waals surface area contributed by atoms with E-state index in [1.807, 2.05) is 6.92 Å². The third-order valence-electron chi connectivity index (χ3n) is 3.31. The highest BCUT2D eigenvalue weighted by Crippen LogP contribution is 2.23. The molecule has 0 aromatic carbocycles. The number of nitrogens with zero attached hydrogens (tertiary/aromatic N) is 1. The van der Waals surface area contributed by atoms with Gasteiger partial charge in [-0.2, -0.15) is 0 Å². The van der Waals surface area contributed by atoms with Gasteiger partial charge in [-0.3, -0.25) is 9.69 Å². The minimum Gasteiger partial charge on any atom is -0.355 e. The molecule has 2 atom stereocenters. The van der Waals surface area contributed by atoms with Crippen molar-refractivity contribution in [1.82, 2.24) is 15.5 Å². The lowest BCUT2D eigenvalue weighted by Gasteiger charge is -2.41. The monoisotopic (exact) mass is 211 g/mol. The molecule has 2 N–H and O–H groups in total. The number of hydrogen-bond donors (Lipinski definition) is 2. The highest BCUT2D eigenvalue weighted by Gasteiger charge is 2.30. The molecule has 2 bridgehead atoms. The van der Waals surface area contributed by atoms with Crippen molar-refractivity contribution in [3.05, 3.63) is 0 Å². The quantitative estimate of drug-likeness (QED) is 0.671. The summed E-state index contributed by atoms with van der Waals surface area (Å²) in [5.74, 6) is 1.68. The molecule has 2 aliphatic heterocycles. The third-order valence-corrected chi connectivity index (χ3v) is 3.31. The molecule has 4 heteroatoms. The standard InChI is InChI=1S/C11H21N3O/c1-2-13-11(15)8-14-6-9-3-10(7-14)5-12-4-9/h9-10,12H,2-8H2,1H3,(H,13,15). The predicted molar refractivity (Wildman–Crippen MR) is 59.6 cm³/mol. The Morgan fingerprint density at radius 1 is 1.40 bits per heavy atom. The van der Waals surface area contributed by atoms with E-state index >= 15 is 0 Å². The summed E-state index contributed by atoms with van der Waals surface area (Å²) < 4.78 is 0. The van der Waals surface area contributed by atoms with Gasteiger partial charge in [-0.25, -0.2) is 0 Å². The van der Waals surface area contributed by atoms with Gasteiger partial charge in [-0.05, 0) is 38.3 Å². The number of carbonyl (C=O) groups is 1. The number of hydrogen-bond acceptors (Lipinski definition) is 3. The molecule has 0 spiro atoms. The van der Waals surface area contributed by atoms with Gasteiger partial charge in [-0.1, -0.05) is 0 Å². The second-order valence-corrected chi connectivity index (χ2v) is 4.77. The van der Waals surface area contributed by atoms with E-state index in [1.165, 1.54) is 6.42 Å². The molecule has 86 valence electrons. The number of nitrogens with one attached hydrogen (secondary N) is 2. The number of likely N-dealkylation sites (N-methyl/N-ethyl adjacent to an activating group) is 1. The summed E-state index contributed by atoms with van der Waals surface area (Å²) in [7, 11) is 0. The van der Waals surface area contributed by atoms with E-state index in [4.69, 9.17) is 0 Å². The SMILES string of the molecule is CCNC(=O)CN1CC2CNCC(C2)C1. The first-order valence-corrected chi connectivity index (χ1v) is 5.97. The van der Waals surface area contributed by atoms with Crippen LogP contribution in [0.3, 0.4) is 0 Å². The Bertz CT molecular complexity index is 220. The smallest absolute Gasteiger partial charge is 0.234 e. The third kappa shape index (κ3) is 2.92. The molecule has 2 heterocycles. The maximum atomic E-state index is 11.5. The maximum absolute atomic E-state index is 11.5. The average molecular weight is 211 g/mol. The number of fused-ring (bicyclic) bond motifs is 2. The van der Waals surface area contributed by atoms with E-state index in [1.54, 1.807) is 0 Å². The van der Waals surface area contributed by atoms with Gasteiger partial charge in [0.1, 0.15) is 0 Å². The molecule has 4 nitrogen and oxygen atoms in total. The zero-order valence-electron chi connectivity index (χ0n) is 9.46. The molecule has 15 heavy (non-hydrogen) atoms. The molecule has 1 amide bonds. The van der Waals surface area contributed by atoms with Crippen LogP contribution in [0.1, 0.15) is 13.3 Å². The molecule has 2 fully saturated rings. The summed E-state index contributed by atoms with van der Waals surface area (Å²) in [5.41, 5.74) is 0. The fourth-order valence-corrected chi connectivity index (χ4v) is 2.80. The van der Waals surface area contributed by atoms with E-state index in [2.05, 4.69) is 15.5 Å². The molecular weight excluding hydrogens is 190 g/mol. The molecule has 2 aliphatic rings. The summed E-state index contributed by atoms with van der Waals surface area (Å²) in [6.45, 7) is 7.71. The van der Waals surface area contributed by atoms with Crippen molar-refractivity contribution in [3.63, 3.8) is 0 Å². The summed E-state index contributed by atoms with van der Waals surface area (Å²) in [5, 5.41) is 6.32. The van der Waals surface area contributed by atoms with Crippen LogP contribution in [0.15, 0.2) is 0 Å². The van der Waals surface area contributed by atoms with Gasteiger partial charge >= 0.3 is 0 Å². The van der Waals surface area contributed by atoms with Crippen LogP contribution in [-0.2, 0) is 4.79 Å². The van der Waals surface area contributed by atoms with Crippen LogP contribution < -0.4 is 10.6 Å². The van der Waals surface area contributed by atoms with E-state index in [0.29, 0.717) is 6.54 Å².